The number of ether oxygens (including phenoxy) is 1. The number of rotatable bonds is 5. The summed E-state index contributed by atoms with van der Waals surface area (Å²) in [5.41, 5.74) is 2.64. The van der Waals surface area contributed by atoms with Gasteiger partial charge >= 0.3 is 0 Å². The van der Waals surface area contributed by atoms with E-state index < -0.39 is 0 Å². The van der Waals surface area contributed by atoms with Crippen LogP contribution in [0.5, 0.6) is 5.75 Å². The van der Waals surface area contributed by atoms with Gasteiger partial charge in [0.2, 0.25) is 17.6 Å². The van der Waals surface area contributed by atoms with Gasteiger partial charge in [-0.15, -0.1) is 0 Å². The third-order valence-electron chi connectivity index (χ3n) is 6.00. The summed E-state index contributed by atoms with van der Waals surface area (Å²) in [5.74, 6) is 1.59. The zero-order valence-corrected chi connectivity index (χ0v) is 18.4. The van der Waals surface area contributed by atoms with Crippen molar-refractivity contribution in [1.82, 2.24) is 15.0 Å². The lowest BCUT2D eigenvalue weighted by Gasteiger charge is -2.37. The first-order valence-electron chi connectivity index (χ1n) is 11.1. The number of piperazine rings is 1. The maximum atomic E-state index is 12.9. The summed E-state index contributed by atoms with van der Waals surface area (Å²) in [5, 5.41) is 4.02. The van der Waals surface area contributed by atoms with Crippen LogP contribution in [0.15, 0.2) is 53.1 Å². The number of anilines is 2. The summed E-state index contributed by atoms with van der Waals surface area (Å²) in [6, 6.07) is 15.4. The maximum absolute atomic E-state index is 12.9. The molecule has 0 N–H and O–H groups in total. The van der Waals surface area contributed by atoms with E-state index in [1.54, 1.807) is 6.07 Å². The molecule has 2 aliphatic heterocycles. The second-order valence-electron chi connectivity index (χ2n) is 8.02. The number of hydrogen-bond acceptors (Lipinski definition) is 7. The second kappa shape index (κ2) is 8.93. The van der Waals surface area contributed by atoms with Gasteiger partial charge < -0.3 is 19.1 Å². The van der Waals surface area contributed by atoms with Crippen molar-refractivity contribution in [3.8, 4) is 17.1 Å². The molecule has 5 rings (SSSR count). The van der Waals surface area contributed by atoms with E-state index in [9.17, 15) is 9.59 Å². The summed E-state index contributed by atoms with van der Waals surface area (Å²) < 4.78 is 10.7. The zero-order valence-electron chi connectivity index (χ0n) is 18.4. The molecular weight excluding hydrogens is 422 g/mol. The van der Waals surface area contributed by atoms with Crippen LogP contribution in [0.2, 0.25) is 0 Å². The highest BCUT2D eigenvalue weighted by atomic mass is 16.5. The number of aryl methyl sites for hydroxylation is 1. The Balaban J connectivity index is 1.19. The Hall–Kier alpha value is -3.88. The van der Waals surface area contributed by atoms with Crippen LogP contribution in [0.4, 0.5) is 11.4 Å². The monoisotopic (exact) mass is 447 g/mol. The minimum absolute atomic E-state index is 0.0261. The summed E-state index contributed by atoms with van der Waals surface area (Å²) in [4.78, 5) is 35.3. The summed E-state index contributed by atoms with van der Waals surface area (Å²) in [6.07, 6.45) is 0.709. The third-order valence-corrected chi connectivity index (χ3v) is 6.00. The molecule has 0 spiro atoms. The van der Waals surface area contributed by atoms with Crippen molar-refractivity contribution in [3.63, 3.8) is 0 Å². The van der Waals surface area contributed by atoms with E-state index in [4.69, 9.17) is 9.26 Å². The van der Waals surface area contributed by atoms with Gasteiger partial charge in [-0.3, -0.25) is 14.5 Å². The van der Waals surface area contributed by atoms with Crippen molar-refractivity contribution < 1.29 is 18.8 Å². The molecule has 2 amide bonds. The lowest BCUT2D eigenvalue weighted by Crippen LogP contribution is -2.53. The Morgan fingerprint density at radius 3 is 2.52 bits per heavy atom. The number of benzene rings is 2. The normalized spacial score (nSPS) is 15.9. The molecule has 3 heterocycles. The lowest BCUT2D eigenvalue weighted by atomic mass is 10.1. The first-order chi connectivity index (χ1) is 16.1. The molecule has 1 fully saturated rings. The van der Waals surface area contributed by atoms with E-state index in [1.165, 1.54) is 4.90 Å². The molecule has 9 heteroatoms. The van der Waals surface area contributed by atoms with Crippen molar-refractivity contribution in [2.24, 2.45) is 0 Å². The van der Waals surface area contributed by atoms with E-state index >= 15 is 0 Å². The third kappa shape index (κ3) is 4.26. The van der Waals surface area contributed by atoms with Gasteiger partial charge in [0.15, 0.2) is 6.61 Å². The smallest absolute Gasteiger partial charge is 0.265 e. The van der Waals surface area contributed by atoms with Crippen molar-refractivity contribution >= 4 is 23.2 Å². The van der Waals surface area contributed by atoms with Crippen LogP contribution in [-0.4, -0.2) is 66.2 Å². The zero-order chi connectivity index (χ0) is 22.8. The summed E-state index contributed by atoms with van der Waals surface area (Å²) >= 11 is 0. The number of para-hydroxylation sites is 2. The molecular formula is C24H25N5O4. The van der Waals surface area contributed by atoms with Gasteiger partial charge in [0.1, 0.15) is 12.3 Å². The predicted molar refractivity (Wildman–Crippen MR) is 122 cm³/mol. The van der Waals surface area contributed by atoms with Gasteiger partial charge in [0, 0.05) is 43.9 Å². The highest BCUT2D eigenvalue weighted by Crippen LogP contribution is 2.31. The van der Waals surface area contributed by atoms with Crippen molar-refractivity contribution in [2.45, 2.75) is 13.3 Å². The van der Waals surface area contributed by atoms with E-state index in [0.29, 0.717) is 42.7 Å². The molecule has 0 unspecified atom stereocenters. The van der Waals surface area contributed by atoms with Crippen LogP contribution in [0.1, 0.15) is 12.8 Å². The molecule has 2 aromatic carbocycles. The SMILES string of the molecule is CCc1nc(-c2ccc(N3CCN(C(=O)CN4C(=O)COc5ccccc54)CC3)cc2)no1. The Kier molecular flexibility index (Phi) is 5.68. The summed E-state index contributed by atoms with van der Waals surface area (Å²) in [6.45, 7) is 4.61. The molecule has 33 heavy (non-hydrogen) atoms. The van der Waals surface area contributed by atoms with Gasteiger partial charge in [-0.25, -0.2) is 0 Å². The molecule has 3 aromatic rings. The lowest BCUT2D eigenvalue weighted by molar-refractivity contribution is -0.132. The first kappa shape index (κ1) is 21.0. The molecule has 0 bridgehead atoms. The fourth-order valence-electron chi connectivity index (χ4n) is 4.11. The van der Waals surface area contributed by atoms with Crippen LogP contribution in [0.3, 0.4) is 0 Å². The topological polar surface area (TPSA) is 92.0 Å². The largest absolute Gasteiger partial charge is 0.482 e. The molecule has 0 radical (unpaired) electrons. The number of carbonyl (C=O) groups is 2. The van der Waals surface area contributed by atoms with Gasteiger partial charge in [-0.2, -0.15) is 4.98 Å². The van der Waals surface area contributed by atoms with E-state index in [2.05, 4.69) is 15.0 Å². The minimum Gasteiger partial charge on any atom is -0.482 e. The molecule has 2 aliphatic rings. The van der Waals surface area contributed by atoms with Crippen LogP contribution in [-0.2, 0) is 16.0 Å². The van der Waals surface area contributed by atoms with Crippen LogP contribution in [0, 0.1) is 0 Å². The van der Waals surface area contributed by atoms with Gasteiger partial charge in [0.05, 0.1) is 5.69 Å². The summed E-state index contributed by atoms with van der Waals surface area (Å²) in [7, 11) is 0. The number of hydrogen-bond donors (Lipinski definition) is 0. The molecule has 0 aliphatic carbocycles. The quantitative estimate of drug-likeness (QED) is 0.593. The number of amides is 2. The average Bonchev–Trinajstić information content (AvgIpc) is 3.35. The number of fused-ring (bicyclic) bond motifs is 1. The van der Waals surface area contributed by atoms with Gasteiger partial charge in [-0.05, 0) is 36.4 Å². The Morgan fingerprint density at radius 2 is 1.79 bits per heavy atom. The van der Waals surface area contributed by atoms with Crippen molar-refractivity contribution in [3.05, 3.63) is 54.4 Å². The first-order valence-corrected chi connectivity index (χ1v) is 11.1. The van der Waals surface area contributed by atoms with Crippen molar-refractivity contribution in [2.75, 3.05) is 49.1 Å². The Morgan fingerprint density at radius 1 is 1.03 bits per heavy atom. The molecule has 0 atom stereocenters. The van der Waals surface area contributed by atoms with Gasteiger partial charge in [0.25, 0.3) is 5.91 Å². The van der Waals surface area contributed by atoms with E-state index in [-0.39, 0.29) is 25.0 Å². The Bertz CT molecular complexity index is 1150. The molecule has 0 saturated carbocycles. The predicted octanol–water partition coefficient (Wildman–Crippen LogP) is 2.37. The second-order valence-corrected chi connectivity index (χ2v) is 8.02. The standard InChI is InChI=1S/C24H25N5O4/c1-2-21-25-24(26-33-21)17-7-9-18(10-8-17)27-11-13-28(14-12-27)22(30)15-29-19-5-3-4-6-20(19)32-16-23(29)31/h3-10H,2,11-16H2,1H3. The number of carbonyl (C=O) groups excluding carboxylic acids is 2. The van der Waals surface area contributed by atoms with Crippen molar-refractivity contribution in [1.29, 1.82) is 0 Å². The maximum Gasteiger partial charge on any atom is 0.265 e. The molecule has 9 nitrogen and oxygen atoms in total. The number of nitrogens with zero attached hydrogens (tertiary/aromatic N) is 5. The van der Waals surface area contributed by atoms with E-state index in [0.717, 1.165) is 24.3 Å². The highest BCUT2D eigenvalue weighted by molar-refractivity contribution is 6.02. The molecule has 1 saturated heterocycles. The average molecular weight is 447 g/mol. The molecule has 1 aromatic heterocycles. The molecule has 170 valence electrons. The van der Waals surface area contributed by atoms with Crippen LogP contribution >= 0.6 is 0 Å². The fourth-order valence-corrected chi connectivity index (χ4v) is 4.11. The highest BCUT2D eigenvalue weighted by Gasteiger charge is 2.30. The number of aromatic nitrogens is 2. The Labute approximate surface area is 191 Å². The van der Waals surface area contributed by atoms with E-state index in [1.807, 2.05) is 54.3 Å². The minimum atomic E-state index is -0.201. The van der Waals surface area contributed by atoms with Crippen LogP contribution in [0.25, 0.3) is 11.4 Å². The fraction of sp³-hybridized carbons (Fsp3) is 0.333. The van der Waals surface area contributed by atoms with Crippen LogP contribution < -0.4 is 14.5 Å². The van der Waals surface area contributed by atoms with Gasteiger partial charge in [-0.1, -0.05) is 24.2 Å².